The summed E-state index contributed by atoms with van der Waals surface area (Å²) >= 11 is 0. The molecule has 2 bridgehead atoms. The fourth-order valence-corrected chi connectivity index (χ4v) is 6.38. The zero-order valence-corrected chi connectivity index (χ0v) is 22.4. The molecule has 3 aromatic rings. The number of carbonyl (C=O) groups is 4. The number of rotatable bonds is 7. The van der Waals surface area contributed by atoms with Gasteiger partial charge in [-0.2, -0.15) is 0 Å². The predicted molar refractivity (Wildman–Crippen MR) is 144 cm³/mol. The van der Waals surface area contributed by atoms with Crippen LogP contribution in [0, 0.1) is 10.8 Å². The molecular weight excluding hydrogens is 532 g/mol. The number of hydrogen-bond acceptors (Lipinski definition) is 8. The Hall–Kier alpha value is -4.68. The molecule has 13 nitrogen and oxygen atoms in total. The third kappa shape index (κ3) is 4.60. The molecule has 214 valence electrons. The van der Waals surface area contributed by atoms with E-state index in [2.05, 4.69) is 25.9 Å². The summed E-state index contributed by atoms with van der Waals surface area (Å²) < 4.78 is 6.54. The lowest BCUT2D eigenvalue weighted by atomic mass is 9.52. The first kappa shape index (κ1) is 26.5. The minimum atomic E-state index is -0.740. The number of aromatic hydroxyl groups is 1. The second-order valence-corrected chi connectivity index (χ2v) is 11.3. The molecule has 13 heteroatoms. The Balaban J connectivity index is 1.19. The van der Waals surface area contributed by atoms with Crippen molar-refractivity contribution < 1.29 is 34.1 Å². The quantitative estimate of drug-likeness (QED) is 0.288. The van der Waals surface area contributed by atoms with Crippen molar-refractivity contribution in [2.45, 2.75) is 58.0 Å². The maximum Gasteiger partial charge on any atom is 0.309 e. The molecule has 1 aliphatic heterocycles. The van der Waals surface area contributed by atoms with Crippen molar-refractivity contribution in [1.29, 1.82) is 0 Å². The van der Waals surface area contributed by atoms with E-state index in [1.54, 1.807) is 18.2 Å². The number of anilines is 1. The Morgan fingerprint density at radius 1 is 1.12 bits per heavy atom. The van der Waals surface area contributed by atoms with E-state index in [9.17, 15) is 29.4 Å². The summed E-state index contributed by atoms with van der Waals surface area (Å²) in [5, 5.41) is 28.6. The molecule has 5 N–H and O–H groups in total. The first-order valence-corrected chi connectivity index (χ1v) is 13.5. The molecule has 0 saturated heterocycles. The number of amides is 3. The van der Waals surface area contributed by atoms with Gasteiger partial charge < -0.3 is 30.9 Å². The van der Waals surface area contributed by atoms with Crippen LogP contribution in [-0.2, 0) is 16.1 Å². The first-order valence-electron chi connectivity index (χ1n) is 13.5. The van der Waals surface area contributed by atoms with Gasteiger partial charge in [0.15, 0.2) is 6.61 Å². The normalized spacial score (nSPS) is 23.7. The van der Waals surface area contributed by atoms with Gasteiger partial charge in [0.25, 0.3) is 17.7 Å². The number of carboxylic acid groups (broad SMARTS) is 1. The van der Waals surface area contributed by atoms with E-state index in [-0.39, 0.29) is 53.6 Å². The average molecular weight is 563 g/mol. The number of nitrogens with zero attached hydrogens (tertiary/aromatic N) is 3. The van der Waals surface area contributed by atoms with E-state index in [1.807, 2.05) is 6.92 Å². The van der Waals surface area contributed by atoms with E-state index in [4.69, 9.17) is 4.74 Å². The molecule has 3 fully saturated rings. The highest BCUT2D eigenvalue weighted by molar-refractivity contribution is 5.98. The van der Waals surface area contributed by atoms with E-state index in [0.717, 1.165) is 6.20 Å². The lowest BCUT2D eigenvalue weighted by Crippen LogP contribution is -2.54. The van der Waals surface area contributed by atoms with Crippen LogP contribution in [0.3, 0.4) is 0 Å². The van der Waals surface area contributed by atoms with Crippen molar-refractivity contribution in [2.24, 2.45) is 10.8 Å². The average Bonchev–Trinajstić information content (AvgIpc) is 3.36. The number of imidazole rings is 1. The Labute approximate surface area is 234 Å². The molecule has 3 saturated carbocycles. The van der Waals surface area contributed by atoms with Crippen molar-refractivity contribution in [2.75, 3.05) is 11.9 Å². The number of carboxylic acids is 1. The Morgan fingerprint density at radius 2 is 1.85 bits per heavy atom. The summed E-state index contributed by atoms with van der Waals surface area (Å²) in [6.45, 7) is 1.98. The summed E-state index contributed by atoms with van der Waals surface area (Å²) in [5.74, 6) is -1.84. The van der Waals surface area contributed by atoms with Gasteiger partial charge in [-0.15, -0.1) is 0 Å². The van der Waals surface area contributed by atoms with Gasteiger partial charge in [-0.25, -0.2) is 14.4 Å². The van der Waals surface area contributed by atoms with Crippen LogP contribution < -0.4 is 20.7 Å². The fourth-order valence-electron chi connectivity index (χ4n) is 6.38. The summed E-state index contributed by atoms with van der Waals surface area (Å²) in [5.41, 5.74) is 0.288. The van der Waals surface area contributed by atoms with E-state index in [1.165, 1.54) is 10.5 Å². The topological polar surface area (TPSA) is 184 Å². The molecule has 41 heavy (non-hydrogen) atoms. The summed E-state index contributed by atoms with van der Waals surface area (Å²) in [6.07, 6.45) is 5.01. The fraction of sp³-hybridized carbons (Fsp3) is 0.429. The monoisotopic (exact) mass is 562 g/mol. The van der Waals surface area contributed by atoms with E-state index < -0.39 is 23.2 Å². The number of hydrogen-bond donors (Lipinski definition) is 5. The number of nitrogens with one attached hydrogen (secondary N) is 3. The Kier molecular flexibility index (Phi) is 6.31. The molecule has 2 aromatic heterocycles. The van der Waals surface area contributed by atoms with Gasteiger partial charge in [0.2, 0.25) is 11.7 Å². The smallest absolute Gasteiger partial charge is 0.309 e. The van der Waals surface area contributed by atoms with Gasteiger partial charge >= 0.3 is 5.97 Å². The van der Waals surface area contributed by atoms with Crippen molar-refractivity contribution in [3.05, 3.63) is 47.4 Å². The molecule has 1 aromatic carbocycles. The van der Waals surface area contributed by atoms with Crippen LogP contribution in [0.4, 0.5) is 5.69 Å². The van der Waals surface area contributed by atoms with Gasteiger partial charge in [0.1, 0.15) is 17.1 Å². The maximum atomic E-state index is 13.6. The van der Waals surface area contributed by atoms with Crippen molar-refractivity contribution in [1.82, 2.24) is 25.0 Å². The minimum Gasteiger partial charge on any atom is -0.493 e. The number of carbonyl (C=O) groups excluding carboxylic acids is 3. The van der Waals surface area contributed by atoms with Gasteiger partial charge in [-0.3, -0.25) is 19.2 Å². The molecular formula is C28H30N6O7. The third-order valence-corrected chi connectivity index (χ3v) is 9.08. The van der Waals surface area contributed by atoms with Crippen molar-refractivity contribution >= 4 is 35.2 Å². The maximum absolute atomic E-state index is 13.6. The Bertz CT molecular complexity index is 1570. The number of aliphatic carboxylic acids is 1. The second-order valence-electron chi connectivity index (χ2n) is 11.3. The predicted octanol–water partition coefficient (Wildman–Crippen LogP) is 2.24. The van der Waals surface area contributed by atoms with Gasteiger partial charge in [-0.1, -0.05) is 6.07 Å². The molecule has 7 rings (SSSR count). The van der Waals surface area contributed by atoms with Gasteiger partial charge in [-0.05, 0) is 74.6 Å². The summed E-state index contributed by atoms with van der Waals surface area (Å²) in [6, 6.07) is 6.21. The van der Waals surface area contributed by atoms with Crippen LogP contribution in [0.1, 0.15) is 72.0 Å². The SMILES string of the molecule is CC(NC(=O)c1cc(C(=O)NCc2ccc3c(c2)NC(=O)CO3)nc2ncc(O)n12)C12CCC(C(=O)O)(CC1)CC2. The highest BCUT2D eigenvalue weighted by Crippen LogP contribution is 2.58. The molecule has 3 heterocycles. The summed E-state index contributed by atoms with van der Waals surface area (Å²) in [4.78, 5) is 58.4. The zero-order valence-electron chi connectivity index (χ0n) is 22.4. The lowest BCUT2D eigenvalue weighted by Gasteiger charge is -2.54. The largest absolute Gasteiger partial charge is 0.493 e. The lowest BCUT2D eigenvalue weighted by molar-refractivity contribution is -0.159. The number of aromatic nitrogens is 3. The Morgan fingerprint density at radius 3 is 2.56 bits per heavy atom. The third-order valence-electron chi connectivity index (χ3n) is 9.08. The van der Waals surface area contributed by atoms with Crippen LogP contribution in [0.25, 0.3) is 5.78 Å². The van der Waals surface area contributed by atoms with E-state index >= 15 is 0 Å². The molecule has 1 atom stereocenters. The van der Waals surface area contributed by atoms with Crippen LogP contribution in [0.2, 0.25) is 0 Å². The van der Waals surface area contributed by atoms with Crippen LogP contribution >= 0.6 is 0 Å². The minimum absolute atomic E-state index is 0.00135. The molecule has 1 unspecified atom stereocenters. The molecule has 3 amide bonds. The van der Waals surface area contributed by atoms with Crippen LogP contribution in [-0.4, -0.2) is 60.9 Å². The van der Waals surface area contributed by atoms with Crippen LogP contribution in [0.5, 0.6) is 11.6 Å². The number of ether oxygens (including phenoxy) is 1. The molecule has 0 radical (unpaired) electrons. The highest BCUT2D eigenvalue weighted by atomic mass is 16.5. The molecule has 4 aliphatic rings. The summed E-state index contributed by atoms with van der Waals surface area (Å²) in [7, 11) is 0. The number of fused-ring (bicyclic) bond motifs is 5. The molecule has 3 aliphatic carbocycles. The number of benzene rings is 1. The second kappa shape index (κ2) is 9.75. The van der Waals surface area contributed by atoms with Gasteiger partial charge in [0.05, 0.1) is 17.3 Å². The first-order chi connectivity index (χ1) is 19.6. The van der Waals surface area contributed by atoms with Gasteiger partial charge in [0, 0.05) is 12.6 Å². The standard InChI is InChI=1S/C28H30N6O7/c1-15(27-4-7-28(8-5-27,9-6-27)25(39)40)31-24(38)19-11-18(33-26-30-13-22(36)34(19)26)23(37)29-12-16-2-3-20-17(10-16)32-21(35)14-41-20/h2-3,10-11,13,15,36H,4-9,12,14H2,1H3,(H,29,37)(H,31,38)(H,32,35)(H,39,40). The zero-order chi connectivity index (χ0) is 28.9. The highest BCUT2D eigenvalue weighted by Gasteiger charge is 2.54. The van der Waals surface area contributed by atoms with Crippen molar-refractivity contribution in [3.63, 3.8) is 0 Å². The molecule has 0 spiro atoms. The van der Waals surface area contributed by atoms with Crippen LogP contribution in [0.15, 0.2) is 30.5 Å². The van der Waals surface area contributed by atoms with E-state index in [0.29, 0.717) is 55.5 Å². The van der Waals surface area contributed by atoms with Crippen molar-refractivity contribution in [3.8, 4) is 11.6 Å².